The van der Waals surface area contributed by atoms with Crippen molar-refractivity contribution in [1.29, 1.82) is 5.26 Å². The van der Waals surface area contributed by atoms with Gasteiger partial charge in [-0.2, -0.15) is 5.26 Å². The maximum atomic E-state index is 8.85. The lowest BCUT2D eigenvalue weighted by molar-refractivity contribution is 0.384. The van der Waals surface area contributed by atoms with E-state index >= 15 is 0 Å². The number of nitriles is 1. The fourth-order valence-electron chi connectivity index (χ4n) is 1.45. The van der Waals surface area contributed by atoms with Crippen molar-refractivity contribution in [2.45, 2.75) is 13.5 Å². The highest BCUT2D eigenvalue weighted by molar-refractivity contribution is 5.61. The van der Waals surface area contributed by atoms with Gasteiger partial charge in [0, 0.05) is 17.4 Å². The van der Waals surface area contributed by atoms with Crippen LogP contribution in [0.2, 0.25) is 0 Å². The number of nitrogens with one attached hydrogen (secondary N) is 1. The van der Waals surface area contributed by atoms with Crippen LogP contribution in [-0.2, 0) is 6.54 Å². The van der Waals surface area contributed by atoms with Crippen LogP contribution in [0.4, 0.5) is 11.4 Å². The van der Waals surface area contributed by atoms with Crippen molar-refractivity contribution in [3.63, 3.8) is 0 Å². The summed E-state index contributed by atoms with van der Waals surface area (Å²) in [5, 5.41) is 15.8. The Hall–Kier alpha value is -2.48. The zero-order valence-corrected chi connectivity index (χ0v) is 9.40. The highest BCUT2D eigenvalue weighted by atomic mass is 16.5. The average molecular weight is 228 g/mol. The molecule has 0 aliphatic rings. The first kappa shape index (κ1) is 11.0. The molecule has 1 aromatic carbocycles. The normalized spacial score (nSPS) is 9.88. The van der Waals surface area contributed by atoms with Crippen LogP contribution >= 0.6 is 0 Å². The molecule has 0 fully saturated rings. The molecule has 86 valence electrons. The SMILES string of the molecule is Cc1cc(CNc2ccc(N)c(C#N)c2)on1. The Labute approximate surface area is 98.8 Å². The molecule has 0 unspecified atom stereocenters. The Bertz CT molecular complexity index is 568. The molecule has 0 bridgehead atoms. The summed E-state index contributed by atoms with van der Waals surface area (Å²) in [5.41, 5.74) is 8.24. The molecule has 1 aromatic heterocycles. The molecule has 1 heterocycles. The van der Waals surface area contributed by atoms with Gasteiger partial charge in [0.1, 0.15) is 6.07 Å². The number of nitrogens with zero attached hydrogens (tertiary/aromatic N) is 2. The van der Waals surface area contributed by atoms with E-state index in [9.17, 15) is 0 Å². The van der Waals surface area contributed by atoms with Gasteiger partial charge in [-0.3, -0.25) is 0 Å². The zero-order chi connectivity index (χ0) is 12.3. The topological polar surface area (TPSA) is 87.9 Å². The number of anilines is 2. The van der Waals surface area contributed by atoms with Gasteiger partial charge in [0.05, 0.1) is 17.8 Å². The van der Waals surface area contributed by atoms with E-state index in [0.717, 1.165) is 17.1 Å². The van der Waals surface area contributed by atoms with Gasteiger partial charge in [0.15, 0.2) is 5.76 Å². The van der Waals surface area contributed by atoms with E-state index in [1.165, 1.54) is 0 Å². The van der Waals surface area contributed by atoms with Gasteiger partial charge >= 0.3 is 0 Å². The third-order valence-electron chi connectivity index (χ3n) is 2.32. The largest absolute Gasteiger partial charge is 0.398 e. The van der Waals surface area contributed by atoms with Crippen LogP contribution in [0.15, 0.2) is 28.8 Å². The lowest BCUT2D eigenvalue weighted by Gasteiger charge is -2.05. The van der Waals surface area contributed by atoms with Crippen LogP contribution in [0.1, 0.15) is 17.0 Å². The molecule has 2 rings (SSSR count). The second kappa shape index (κ2) is 4.58. The number of hydrogen-bond acceptors (Lipinski definition) is 5. The van der Waals surface area contributed by atoms with Crippen LogP contribution < -0.4 is 11.1 Å². The fraction of sp³-hybridized carbons (Fsp3) is 0.167. The van der Waals surface area contributed by atoms with E-state index < -0.39 is 0 Å². The van der Waals surface area contributed by atoms with Gasteiger partial charge in [-0.25, -0.2) is 0 Å². The van der Waals surface area contributed by atoms with Gasteiger partial charge in [-0.15, -0.1) is 0 Å². The summed E-state index contributed by atoms with van der Waals surface area (Å²) in [6, 6.07) is 9.12. The van der Waals surface area contributed by atoms with Crippen molar-refractivity contribution in [1.82, 2.24) is 5.16 Å². The average Bonchev–Trinajstić information content (AvgIpc) is 2.74. The molecule has 5 nitrogen and oxygen atoms in total. The molecular formula is C12H12N4O. The predicted molar refractivity (Wildman–Crippen MR) is 64.1 cm³/mol. The minimum absolute atomic E-state index is 0.462. The zero-order valence-electron chi connectivity index (χ0n) is 9.40. The molecule has 2 aromatic rings. The number of benzene rings is 1. The number of rotatable bonds is 3. The van der Waals surface area contributed by atoms with Crippen molar-refractivity contribution in [3.8, 4) is 6.07 Å². The van der Waals surface area contributed by atoms with Gasteiger partial charge in [-0.05, 0) is 25.1 Å². The quantitative estimate of drug-likeness (QED) is 0.785. The van der Waals surface area contributed by atoms with Crippen LogP contribution in [0, 0.1) is 18.3 Å². The number of hydrogen-bond donors (Lipinski definition) is 2. The molecule has 0 aliphatic carbocycles. The molecule has 0 saturated heterocycles. The van der Waals surface area contributed by atoms with Gasteiger partial charge in [-0.1, -0.05) is 5.16 Å². The maximum absolute atomic E-state index is 8.85. The van der Waals surface area contributed by atoms with E-state index in [2.05, 4.69) is 10.5 Å². The minimum Gasteiger partial charge on any atom is -0.398 e. The highest BCUT2D eigenvalue weighted by Gasteiger charge is 2.02. The highest BCUT2D eigenvalue weighted by Crippen LogP contribution is 2.17. The van der Waals surface area contributed by atoms with Crippen molar-refractivity contribution in [3.05, 3.63) is 41.3 Å². The molecule has 0 aliphatic heterocycles. The lowest BCUT2D eigenvalue weighted by atomic mass is 10.2. The first-order valence-corrected chi connectivity index (χ1v) is 5.15. The predicted octanol–water partition coefficient (Wildman–Crippen LogP) is 2.05. The molecule has 5 heteroatoms. The van der Waals surface area contributed by atoms with Gasteiger partial charge < -0.3 is 15.6 Å². The summed E-state index contributed by atoms with van der Waals surface area (Å²) >= 11 is 0. The Morgan fingerprint density at radius 1 is 1.47 bits per heavy atom. The van der Waals surface area contributed by atoms with Crippen LogP contribution in [-0.4, -0.2) is 5.16 Å². The van der Waals surface area contributed by atoms with Crippen molar-refractivity contribution in [2.75, 3.05) is 11.1 Å². The second-order valence-electron chi connectivity index (χ2n) is 3.70. The molecule has 0 atom stereocenters. The smallest absolute Gasteiger partial charge is 0.156 e. The molecule has 0 spiro atoms. The Morgan fingerprint density at radius 2 is 2.29 bits per heavy atom. The van der Waals surface area contributed by atoms with E-state index in [-0.39, 0.29) is 0 Å². The van der Waals surface area contributed by atoms with E-state index in [1.807, 2.05) is 25.1 Å². The van der Waals surface area contributed by atoms with Crippen LogP contribution in [0.5, 0.6) is 0 Å². The summed E-state index contributed by atoms with van der Waals surface area (Å²) in [6.07, 6.45) is 0. The van der Waals surface area contributed by atoms with Crippen molar-refractivity contribution >= 4 is 11.4 Å². The lowest BCUT2D eigenvalue weighted by Crippen LogP contribution is -1.99. The third-order valence-corrected chi connectivity index (χ3v) is 2.32. The Morgan fingerprint density at radius 3 is 2.94 bits per heavy atom. The summed E-state index contributed by atoms with van der Waals surface area (Å²) in [5.74, 6) is 0.748. The summed E-state index contributed by atoms with van der Waals surface area (Å²) in [6.45, 7) is 2.39. The number of nitrogen functional groups attached to an aromatic ring is 1. The van der Waals surface area contributed by atoms with E-state index in [0.29, 0.717) is 17.8 Å². The molecule has 0 amide bonds. The van der Waals surface area contributed by atoms with E-state index in [1.54, 1.807) is 12.1 Å². The van der Waals surface area contributed by atoms with E-state index in [4.69, 9.17) is 15.5 Å². The number of aromatic nitrogens is 1. The van der Waals surface area contributed by atoms with Gasteiger partial charge in [0.2, 0.25) is 0 Å². The molecule has 3 N–H and O–H groups in total. The monoisotopic (exact) mass is 228 g/mol. The summed E-state index contributed by atoms with van der Waals surface area (Å²) in [4.78, 5) is 0. The fourth-order valence-corrected chi connectivity index (χ4v) is 1.45. The standard InChI is InChI=1S/C12H12N4O/c1-8-4-11(17-16-8)7-15-10-2-3-12(14)9(5-10)6-13/h2-5,15H,7,14H2,1H3. The van der Waals surface area contributed by atoms with Crippen LogP contribution in [0.25, 0.3) is 0 Å². The number of aryl methyl sites for hydroxylation is 1. The minimum atomic E-state index is 0.462. The number of nitrogens with two attached hydrogens (primary N) is 1. The third kappa shape index (κ3) is 2.55. The maximum Gasteiger partial charge on any atom is 0.156 e. The Kier molecular flexibility index (Phi) is 2.97. The molecule has 17 heavy (non-hydrogen) atoms. The van der Waals surface area contributed by atoms with Gasteiger partial charge in [0.25, 0.3) is 0 Å². The molecular weight excluding hydrogens is 216 g/mol. The Balaban J connectivity index is 2.07. The first-order chi connectivity index (χ1) is 8.19. The summed E-state index contributed by atoms with van der Waals surface area (Å²) < 4.78 is 5.06. The van der Waals surface area contributed by atoms with Crippen LogP contribution in [0.3, 0.4) is 0 Å². The summed E-state index contributed by atoms with van der Waals surface area (Å²) in [7, 11) is 0. The second-order valence-corrected chi connectivity index (χ2v) is 3.70. The first-order valence-electron chi connectivity index (χ1n) is 5.15. The van der Waals surface area contributed by atoms with Crippen molar-refractivity contribution in [2.24, 2.45) is 0 Å². The molecule has 0 radical (unpaired) electrons. The molecule has 0 saturated carbocycles. The van der Waals surface area contributed by atoms with Crippen molar-refractivity contribution < 1.29 is 4.52 Å².